The van der Waals surface area contributed by atoms with E-state index in [4.69, 9.17) is 4.74 Å². The van der Waals surface area contributed by atoms with Crippen molar-refractivity contribution in [2.45, 2.75) is 103 Å². The highest BCUT2D eigenvalue weighted by molar-refractivity contribution is 5.16. The van der Waals surface area contributed by atoms with Crippen LogP contribution in [-0.4, -0.2) is 22.9 Å². The minimum absolute atomic E-state index is 0.175. The number of ether oxygens (including phenoxy) is 1. The van der Waals surface area contributed by atoms with E-state index in [9.17, 15) is 5.11 Å². The van der Waals surface area contributed by atoms with Gasteiger partial charge in [0.05, 0.1) is 17.8 Å². The smallest absolute Gasteiger partial charge is 0.0944 e. The highest BCUT2D eigenvalue weighted by atomic mass is 16.6. The van der Waals surface area contributed by atoms with Crippen molar-refractivity contribution >= 4 is 0 Å². The average molecular weight is 361 g/mol. The molecule has 5 rings (SSSR count). The van der Waals surface area contributed by atoms with Gasteiger partial charge in [-0.05, 0) is 98.2 Å². The summed E-state index contributed by atoms with van der Waals surface area (Å²) >= 11 is 0. The Morgan fingerprint density at radius 1 is 1.00 bits per heavy atom. The van der Waals surface area contributed by atoms with Gasteiger partial charge in [0.15, 0.2) is 0 Å². The fourth-order valence-corrected chi connectivity index (χ4v) is 9.08. The number of hydrogen-bond acceptors (Lipinski definition) is 2. The van der Waals surface area contributed by atoms with E-state index in [1.165, 1.54) is 44.9 Å². The maximum atomic E-state index is 11.5. The number of fused-ring (bicyclic) bond motifs is 5. The van der Waals surface area contributed by atoms with Crippen molar-refractivity contribution in [3.63, 3.8) is 0 Å². The molecule has 1 saturated heterocycles. The normalized spacial score (nSPS) is 61.0. The topological polar surface area (TPSA) is 32.8 Å². The molecule has 1 aliphatic heterocycles. The molecule has 0 radical (unpaired) electrons. The first-order valence-electron chi connectivity index (χ1n) is 11.6. The summed E-state index contributed by atoms with van der Waals surface area (Å²) in [6.07, 6.45) is 12.6. The van der Waals surface area contributed by atoms with E-state index < -0.39 is 0 Å². The predicted octanol–water partition coefficient (Wildman–Crippen LogP) is 5.58. The summed E-state index contributed by atoms with van der Waals surface area (Å²) in [5.74, 6) is 4.13. The van der Waals surface area contributed by atoms with Crippen molar-refractivity contribution < 1.29 is 9.84 Å². The van der Waals surface area contributed by atoms with Crippen LogP contribution in [0.3, 0.4) is 0 Å². The molecule has 2 nitrogen and oxygen atoms in total. The van der Waals surface area contributed by atoms with Crippen LogP contribution in [0.5, 0.6) is 0 Å². The van der Waals surface area contributed by atoms with E-state index in [-0.39, 0.29) is 16.6 Å². The van der Waals surface area contributed by atoms with Crippen LogP contribution in [0.4, 0.5) is 0 Å². The van der Waals surface area contributed by atoms with Gasteiger partial charge in [-0.25, -0.2) is 0 Å². The molecule has 0 bridgehead atoms. The number of epoxide rings is 1. The Labute approximate surface area is 160 Å². The molecular formula is C24H40O2. The van der Waals surface area contributed by atoms with Gasteiger partial charge in [0.1, 0.15) is 0 Å². The van der Waals surface area contributed by atoms with E-state index in [0.29, 0.717) is 5.41 Å². The second kappa shape index (κ2) is 5.50. The summed E-state index contributed by atoms with van der Waals surface area (Å²) in [6, 6.07) is 0. The van der Waals surface area contributed by atoms with Crippen LogP contribution in [0.1, 0.15) is 91.9 Å². The molecule has 0 amide bonds. The minimum Gasteiger partial charge on any atom is -0.389 e. The fourth-order valence-electron chi connectivity index (χ4n) is 9.08. The van der Waals surface area contributed by atoms with E-state index in [2.05, 4.69) is 27.7 Å². The van der Waals surface area contributed by atoms with Gasteiger partial charge in [-0.1, -0.05) is 34.1 Å². The quantitative estimate of drug-likeness (QED) is 0.652. The molecule has 148 valence electrons. The standard InChI is InChI=1S/C24H40O2/c1-5-10-24(25)12-9-20-18-7-6-17-14-23(15-26-23)16(2)13-21(17,3)19(18)8-11-22(20,24)4/h16-20,25H,5-15H2,1-4H3/t16-,17+,18+,19+,20+,21+,22+,23-,24+/m1/s1. The van der Waals surface area contributed by atoms with Crippen molar-refractivity contribution in [2.75, 3.05) is 6.61 Å². The van der Waals surface area contributed by atoms with Gasteiger partial charge in [-0.3, -0.25) is 0 Å². The SMILES string of the molecule is CCC[C@]1(O)CC[C@H]2[C@H]3CC[C@H]4C[C@@]5(CO5)[C@H](C)C[C@]4(C)[C@H]3CC[C@@]21C. The molecular weight excluding hydrogens is 320 g/mol. The minimum atomic E-state index is -0.388. The van der Waals surface area contributed by atoms with Crippen LogP contribution < -0.4 is 0 Å². The zero-order valence-corrected chi connectivity index (χ0v) is 17.5. The van der Waals surface area contributed by atoms with E-state index in [1.54, 1.807) is 0 Å². The second-order valence-electron chi connectivity index (χ2n) is 11.6. The van der Waals surface area contributed by atoms with Crippen molar-refractivity contribution in [2.24, 2.45) is 40.4 Å². The second-order valence-corrected chi connectivity index (χ2v) is 11.6. The molecule has 0 unspecified atom stereocenters. The molecule has 0 aromatic heterocycles. The van der Waals surface area contributed by atoms with E-state index >= 15 is 0 Å². The van der Waals surface area contributed by atoms with Gasteiger partial charge in [0.25, 0.3) is 0 Å². The predicted molar refractivity (Wildman–Crippen MR) is 105 cm³/mol. The zero-order chi connectivity index (χ0) is 18.4. The van der Waals surface area contributed by atoms with Crippen LogP contribution in [0, 0.1) is 40.4 Å². The molecule has 4 saturated carbocycles. The van der Waals surface area contributed by atoms with Crippen molar-refractivity contribution in [1.29, 1.82) is 0 Å². The fraction of sp³-hybridized carbons (Fsp3) is 1.00. The Morgan fingerprint density at radius 2 is 1.73 bits per heavy atom. The van der Waals surface area contributed by atoms with Gasteiger partial charge in [0, 0.05) is 0 Å². The summed E-state index contributed by atoms with van der Waals surface area (Å²) in [4.78, 5) is 0. The lowest BCUT2D eigenvalue weighted by molar-refractivity contribution is -0.163. The first-order valence-corrected chi connectivity index (χ1v) is 11.6. The van der Waals surface area contributed by atoms with Gasteiger partial charge < -0.3 is 9.84 Å². The third kappa shape index (κ3) is 2.12. The monoisotopic (exact) mass is 360 g/mol. The van der Waals surface area contributed by atoms with E-state index in [0.717, 1.165) is 55.5 Å². The lowest BCUT2D eigenvalue weighted by atomic mass is 9.43. The average Bonchev–Trinajstić information content (AvgIpc) is 3.31. The van der Waals surface area contributed by atoms with Crippen LogP contribution in [0.25, 0.3) is 0 Å². The van der Waals surface area contributed by atoms with E-state index in [1.807, 2.05) is 0 Å². The summed E-state index contributed by atoms with van der Waals surface area (Å²) in [5.41, 5.74) is 0.580. The van der Waals surface area contributed by atoms with Crippen LogP contribution in [0.15, 0.2) is 0 Å². The number of aliphatic hydroxyl groups is 1. The Bertz CT molecular complexity index is 583. The first-order chi connectivity index (χ1) is 12.3. The van der Waals surface area contributed by atoms with Crippen LogP contribution in [-0.2, 0) is 4.74 Å². The van der Waals surface area contributed by atoms with Crippen molar-refractivity contribution in [3.8, 4) is 0 Å². The first kappa shape index (κ1) is 18.0. The molecule has 0 aromatic carbocycles. The molecule has 1 spiro atoms. The Morgan fingerprint density at radius 3 is 2.42 bits per heavy atom. The zero-order valence-electron chi connectivity index (χ0n) is 17.5. The van der Waals surface area contributed by atoms with Crippen molar-refractivity contribution in [3.05, 3.63) is 0 Å². The highest BCUT2D eigenvalue weighted by Gasteiger charge is 2.67. The molecule has 1 heterocycles. The number of hydrogen-bond donors (Lipinski definition) is 1. The maximum absolute atomic E-state index is 11.5. The molecule has 0 aromatic rings. The summed E-state index contributed by atoms with van der Waals surface area (Å²) < 4.78 is 5.99. The highest BCUT2D eigenvalue weighted by Crippen LogP contribution is 2.70. The largest absolute Gasteiger partial charge is 0.389 e. The maximum Gasteiger partial charge on any atom is 0.0944 e. The Hall–Kier alpha value is -0.0800. The summed E-state index contributed by atoms with van der Waals surface area (Å²) in [7, 11) is 0. The molecule has 1 N–H and O–H groups in total. The summed E-state index contributed by atoms with van der Waals surface area (Å²) in [6.45, 7) is 10.8. The third-order valence-corrected chi connectivity index (χ3v) is 10.8. The van der Waals surface area contributed by atoms with Gasteiger partial charge in [-0.2, -0.15) is 0 Å². The molecule has 5 fully saturated rings. The number of rotatable bonds is 2. The molecule has 4 aliphatic carbocycles. The van der Waals surface area contributed by atoms with Crippen LogP contribution in [0.2, 0.25) is 0 Å². The molecule has 5 aliphatic rings. The molecule has 26 heavy (non-hydrogen) atoms. The van der Waals surface area contributed by atoms with Crippen LogP contribution >= 0.6 is 0 Å². The third-order valence-electron chi connectivity index (χ3n) is 10.8. The summed E-state index contributed by atoms with van der Waals surface area (Å²) in [5, 5.41) is 11.5. The van der Waals surface area contributed by atoms with Crippen molar-refractivity contribution in [1.82, 2.24) is 0 Å². The Balaban J connectivity index is 1.43. The van der Waals surface area contributed by atoms with Gasteiger partial charge in [-0.15, -0.1) is 0 Å². The Kier molecular flexibility index (Phi) is 3.80. The lowest BCUT2D eigenvalue weighted by Gasteiger charge is -2.62. The molecule has 2 heteroatoms. The molecule has 9 atom stereocenters. The lowest BCUT2D eigenvalue weighted by Crippen LogP contribution is -2.58. The van der Waals surface area contributed by atoms with Gasteiger partial charge in [0.2, 0.25) is 0 Å². The van der Waals surface area contributed by atoms with Gasteiger partial charge >= 0.3 is 0 Å².